The average molecular weight is 516 g/mol. The van der Waals surface area contributed by atoms with E-state index in [-0.39, 0.29) is 36.1 Å². The lowest BCUT2D eigenvalue weighted by Gasteiger charge is -2.22. The molecule has 0 bridgehead atoms. The Kier molecular flexibility index (Phi) is 9.27. The largest absolute Gasteiger partial charge is 0.375 e. The minimum atomic E-state index is -0.0304. The maximum atomic E-state index is 6.27. The summed E-state index contributed by atoms with van der Waals surface area (Å²) in [7, 11) is 3.50. The van der Waals surface area contributed by atoms with Gasteiger partial charge in [0.05, 0.1) is 11.1 Å². The Balaban J connectivity index is 0.00000280. The van der Waals surface area contributed by atoms with E-state index in [1.165, 1.54) is 0 Å². The van der Waals surface area contributed by atoms with Gasteiger partial charge in [-0.25, -0.2) is 4.98 Å². The first-order valence-corrected chi connectivity index (χ1v) is 9.49. The third-order valence-corrected chi connectivity index (χ3v) is 5.00. The Morgan fingerprint density at radius 2 is 2.11 bits per heavy atom. The van der Waals surface area contributed by atoms with E-state index in [1.807, 2.05) is 30.3 Å². The molecule has 2 N–H and O–H groups in total. The van der Waals surface area contributed by atoms with Crippen LogP contribution in [0.5, 0.6) is 0 Å². The number of nitrogens with one attached hydrogen (secondary N) is 2. The normalized spacial score (nSPS) is 17.8. The molecule has 8 heteroatoms. The number of nitrogens with zero attached hydrogens (tertiary/aromatic N) is 3. The quantitative estimate of drug-likeness (QED) is 0.350. The van der Waals surface area contributed by atoms with Gasteiger partial charge in [-0.3, -0.25) is 4.99 Å². The molecule has 152 valence electrons. The van der Waals surface area contributed by atoms with Crippen molar-refractivity contribution in [2.75, 3.05) is 38.7 Å². The number of hydrogen-bond acceptors (Lipinski definition) is 4. The van der Waals surface area contributed by atoms with Crippen LogP contribution >= 0.6 is 35.6 Å². The number of rotatable bonds is 6. The third-order valence-electron chi connectivity index (χ3n) is 4.70. The van der Waals surface area contributed by atoms with Gasteiger partial charge in [0.15, 0.2) is 5.96 Å². The lowest BCUT2D eigenvalue weighted by molar-refractivity contribution is 0.106. The van der Waals surface area contributed by atoms with Crippen LogP contribution in [-0.4, -0.2) is 50.8 Å². The highest BCUT2D eigenvalue weighted by Gasteiger charge is 2.25. The van der Waals surface area contributed by atoms with Crippen molar-refractivity contribution in [1.29, 1.82) is 0 Å². The molecule has 2 atom stereocenters. The molecule has 0 saturated carbocycles. The number of aromatic nitrogens is 1. The summed E-state index contributed by atoms with van der Waals surface area (Å²) in [6.45, 7) is 2.39. The molecule has 1 fully saturated rings. The van der Waals surface area contributed by atoms with E-state index in [2.05, 4.69) is 37.6 Å². The molecule has 2 unspecified atom stereocenters. The second-order valence-corrected chi connectivity index (χ2v) is 6.88. The predicted molar refractivity (Wildman–Crippen MR) is 126 cm³/mol. The zero-order valence-corrected chi connectivity index (χ0v) is 19.2. The minimum absolute atomic E-state index is 0. The monoisotopic (exact) mass is 515 g/mol. The fourth-order valence-corrected chi connectivity index (χ4v) is 3.50. The summed E-state index contributed by atoms with van der Waals surface area (Å²) in [5, 5.41) is 7.54. The van der Waals surface area contributed by atoms with Crippen LogP contribution < -0.4 is 15.5 Å². The van der Waals surface area contributed by atoms with E-state index in [1.54, 1.807) is 20.4 Å². The minimum Gasteiger partial charge on any atom is -0.375 e. The molecule has 28 heavy (non-hydrogen) atoms. The van der Waals surface area contributed by atoms with Crippen molar-refractivity contribution < 1.29 is 4.74 Å². The number of ether oxygens (including phenoxy) is 1. The molecule has 1 aromatic carbocycles. The van der Waals surface area contributed by atoms with Crippen LogP contribution in [0.4, 0.5) is 5.82 Å². The van der Waals surface area contributed by atoms with Gasteiger partial charge < -0.3 is 20.3 Å². The van der Waals surface area contributed by atoms with E-state index >= 15 is 0 Å². The van der Waals surface area contributed by atoms with Crippen molar-refractivity contribution in [2.45, 2.75) is 18.6 Å². The van der Waals surface area contributed by atoms with E-state index in [9.17, 15) is 0 Å². The van der Waals surface area contributed by atoms with Crippen molar-refractivity contribution in [3.05, 3.63) is 59.2 Å². The zero-order chi connectivity index (χ0) is 19.1. The molecule has 0 radical (unpaired) electrons. The molecule has 1 aliphatic rings. The first-order chi connectivity index (χ1) is 13.2. The summed E-state index contributed by atoms with van der Waals surface area (Å²) in [5.74, 6) is 1.61. The maximum Gasteiger partial charge on any atom is 0.191 e. The van der Waals surface area contributed by atoms with Crippen molar-refractivity contribution in [3.8, 4) is 0 Å². The van der Waals surface area contributed by atoms with Crippen molar-refractivity contribution in [2.24, 2.45) is 4.99 Å². The van der Waals surface area contributed by atoms with Crippen LogP contribution in [0.1, 0.15) is 18.1 Å². The first-order valence-electron chi connectivity index (χ1n) is 9.11. The summed E-state index contributed by atoms with van der Waals surface area (Å²) >= 11 is 6.27. The van der Waals surface area contributed by atoms with Gasteiger partial charge in [0.1, 0.15) is 5.82 Å². The van der Waals surface area contributed by atoms with Gasteiger partial charge in [-0.05, 0) is 24.1 Å². The molecule has 2 heterocycles. The third kappa shape index (κ3) is 5.96. The molecule has 1 saturated heterocycles. The number of pyridine rings is 1. The number of anilines is 1. The SMILES string of the molecule is CN=C(NCC(OC)c1ccccc1)NC1CCN(c2ncccc2Cl)C1.I. The second kappa shape index (κ2) is 11.4. The van der Waals surface area contributed by atoms with E-state index in [0.29, 0.717) is 11.6 Å². The molecule has 1 aliphatic heterocycles. The maximum absolute atomic E-state index is 6.27. The molecule has 3 rings (SSSR count). The van der Waals surface area contributed by atoms with Crippen LogP contribution in [-0.2, 0) is 4.74 Å². The van der Waals surface area contributed by atoms with Crippen LogP contribution in [0.2, 0.25) is 5.02 Å². The summed E-state index contributed by atoms with van der Waals surface area (Å²) < 4.78 is 5.61. The molecular weight excluding hydrogens is 489 g/mol. The van der Waals surface area contributed by atoms with Crippen LogP contribution in [0.15, 0.2) is 53.7 Å². The van der Waals surface area contributed by atoms with Crippen molar-refractivity contribution in [3.63, 3.8) is 0 Å². The molecule has 6 nitrogen and oxygen atoms in total. The van der Waals surface area contributed by atoms with Crippen molar-refractivity contribution >= 4 is 47.4 Å². The Labute approximate surface area is 188 Å². The molecule has 0 amide bonds. The fourth-order valence-electron chi connectivity index (χ4n) is 3.26. The lowest BCUT2D eigenvalue weighted by Crippen LogP contribution is -2.45. The van der Waals surface area contributed by atoms with Gasteiger partial charge in [0, 0.05) is 46.0 Å². The standard InChI is InChI=1S/C20H26ClN5O.HI/c1-22-20(24-13-18(27-2)15-7-4-3-5-8-15)25-16-10-12-26(14-16)19-17(21)9-6-11-23-19;/h3-9,11,16,18H,10,12-14H2,1-2H3,(H2,22,24,25);1H. The van der Waals surface area contributed by atoms with E-state index < -0.39 is 0 Å². The number of hydrogen-bond donors (Lipinski definition) is 2. The number of halogens is 2. The Bertz CT molecular complexity index is 761. The summed E-state index contributed by atoms with van der Waals surface area (Å²) in [5.41, 5.74) is 1.14. The fraction of sp³-hybridized carbons (Fsp3) is 0.400. The van der Waals surface area contributed by atoms with Crippen molar-refractivity contribution in [1.82, 2.24) is 15.6 Å². The molecule has 1 aromatic heterocycles. The number of guanidine groups is 1. The Hall–Kier alpha value is -1.58. The van der Waals surface area contributed by atoms with Crippen LogP contribution in [0.3, 0.4) is 0 Å². The highest BCUT2D eigenvalue weighted by Crippen LogP contribution is 2.25. The smallest absolute Gasteiger partial charge is 0.191 e. The first kappa shape index (κ1) is 22.7. The lowest BCUT2D eigenvalue weighted by atomic mass is 10.1. The zero-order valence-electron chi connectivity index (χ0n) is 16.1. The van der Waals surface area contributed by atoms with Gasteiger partial charge in [-0.15, -0.1) is 24.0 Å². The van der Waals surface area contributed by atoms with Gasteiger partial charge >= 0.3 is 0 Å². The number of aliphatic imine (C=N–C) groups is 1. The highest BCUT2D eigenvalue weighted by atomic mass is 127. The van der Waals surface area contributed by atoms with Gasteiger partial charge in [0.2, 0.25) is 0 Å². The van der Waals surface area contributed by atoms with E-state index in [0.717, 1.165) is 36.9 Å². The van der Waals surface area contributed by atoms with Gasteiger partial charge in [-0.2, -0.15) is 0 Å². The summed E-state index contributed by atoms with van der Waals surface area (Å²) in [6, 6.07) is 14.2. The molecule has 0 spiro atoms. The van der Waals surface area contributed by atoms with Crippen LogP contribution in [0, 0.1) is 0 Å². The average Bonchev–Trinajstić information content (AvgIpc) is 3.17. The number of benzene rings is 1. The summed E-state index contributed by atoms with van der Waals surface area (Å²) in [6.07, 6.45) is 2.74. The topological polar surface area (TPSA) is 61.8 Å². The summed E-state index contributed by atoms with van der Waals surface area (Å²) in [4.78, 5) is 11.0. The second-order valence-electron chi connectivity index (χ2n) is 6.47. The Morgan fingerprint density at radius 1 is 1.32 bits per heavy atom. The molecule has 2 aromatic rings. The number of methoxy groups -OCH3 is 1. The molecular formula is C20H27ClIN5O. The van der Waals surface area contributed by atoms with Gasteiger partial charge in [-0.1, -0.05) is 41.9 Å². The highest BCUT2D eigenvalue weighted by molar-refractivity contribution is 14.0. The van der Waals surface area contributed by atoms with E-state index in [4.69, 9.17) is 16.3 Å². The van der Waals surface area contributed by atoms with Crippen LogP contribution in [0.25, 0.3) is 0 Å². The predicted octanol–water partition coefficient (Wildman–Crippen LogP) is 3.48. The Morgan fingerprint density at radius 3 is 2.79 bits per heavy atom. The van der Waals surface area contributed by atoms with Gasteiger partial charge in [0.25, 0.3) is 0 Å². The molecule has 0 aliphatic carbocycles.